The average molecular weight is 431 g/mol. The Morgan fingerprint density at radius 3 is 2.17 bits per heavy atom. The molecule has 3 rings (SSSR count). The Labute approximate surface area is 175 Å². The van der Waals surface area contributed by atoms with Crippen LogP contribution in [0.3, 0.4) is 0 Å². The molecule has 0 bridgehead atoms. The molecule has 2 aromatic carbocycles. The Hall–Kier alpha value is -2.91. The van der Waals surface area contributed by atoms with E-state index in [9.17, 15) is 18.0 Å². The molecule has 0 aliphatic carbocycles. The highest BCUT2D eigenvalue weighted by atomic mass is 32.2. The number of benzene rings is 2. The summed E-state index contributed by atoms with van der Waals surface area (Å²) in [5, 5.41) is 2.82. The molecule has 0 aliphatic heterocycles. The predicted molar refractivity (Wildman–Crippen MR) is 117 cm³/mol. The van der Waals surface area contributed by atoms with Gasteiger partial charge in [0.15, 0.2) is 0 Å². The molecule has 1 heterocycles. The van der Waals surface area contributed by atoms with E-state index in [0.29, 0.717) is 16.7 Å². The molecule has 0 unspecified atom stereocenters. The van der Waals surface area contributed by atoms with Crippen molar-refractivity contribution in [3.8, 4) is 0 Å². The fourth-order valence-corrected chi connectivity index (χ4v) is 4.82. The quantitative estimate of drug-likeness (QED) is 0.671. The molecule has 3 aromatic rings. The number of hydrogen-bond acceptors (Lipinski definition) is 4. The van der Waals surface area contributed by atoms with Gasteiger partial charge in [-0.25, -0.2) is 13.2 Å². The second kappa shape index (κ2) is 7.73. The van der Waals surface area contributed by atoms with Gasteiger partial charge in [0.25, 0.3) is 0 Å². The first kappa shape index (κ1) is 21.8. The van der Waals surface area contributed by atoms with Crippen molar-refractivity contribution >= 4 is 32.7 Å². The van der Waals surface area contributed by atoms with Crippen molar-refractivity contribution in [1.29, 1.82) is 0 Å². The Morgan fingerprint density at radius 1 is 1.00 bits per heavy atom. The summed E-state index contributed by atoms with van der Waals surface area (Å²) in [6.07, 6.45) is 0. The van der Waals surface area contributed by atoms with E-state index in [4.69, 9.17) is 0 Å². The number of aromatic nitrogens is 2. The number of nitrogens with one attached hydrogen (secondary N) is 1. The molecule has 0 aliphatic rings. The zero-order valence-corrected chi connectivity index (χ0v) is 18.8. The summed E-state index contributed by atoms with van der Waals surface area (Å²) >= 11 is 0. The lowest BCUT2D eigenvalue weighted by molar-refractivity contribution is -0.116. The molecule has 1 amide bonds. The molecule has 0 atom stereocenters. The van der Waals surface area contributed by atoms with Crippen LogP contribution < -0.4 is 11.0 Å². The number of aryl methyl sites for hydroxylation is 5. The van der Waals surface area contributed by atoms with Gasteiger partial charge in [0.2, 0.25) is 15.9 Å². The third-order valence-corrected chi connectivity index (χ3v) is 7.06. The number of likely N-dealkylation sites (N-methyl/N-ethyl adjacent to an activating group) is 1. The monoisotopic (exact) mass is 430 g/mol. The highest BCUT2D eigenvalue weighted by Gasteiger charge is 2.24. The van der Waals surface area contributed by atoms with Gasteiger partial charge in [0.05, 0.1) is 22.5 Å². The number of rotatable bonds is 5. The van der Waals surface area contributed by atoms with E-state index in [0.717, 1.165) is 21.0 Å². The number of hydrogen-bond donors (Lipinski definition) is 1. The van der Waals surface area contributed by atoms with Gasteiger partial charge >= 0.3 is 5.69 Å². The summed E-state index contributed by atoms with van der Waals surface area (Å²) in [7, 11) is 0.659. The molecule has 0 saturated carbocycles. The SMILES string of the molecule is Cc1cc(C)c(NC(=O)CN(C)S(=O)(=O)c2ccc3c(c2)n(C)c(=O)n3C)c(C)c1. The van der Waals surface area contributed by atoms with Crippen molar-refractivity contribution in [3.05, 3.63) is 57.5 Å². The Balaban J connectivity index is 1.85. The van der Waals surface area contributed by atoms with E-state index in [1.807, 2.05) is 32.9 Å². The largest absolute Gasteiger partial charge is 0.328 e. The van der Waals surface area contributed by atoms with Gasteiger partial charge in [0, 0.05) is 26.8 Å². The van der Waals surface area contributed by atoms with Crippen LogP contribution >= 0.6 is 0 Å². The summed E-state index contributed by atoms with van der Waals surface area (Å²) in [4.78, 5) is 24.7. The molecule has 0 radical (unpaired) electrons. The topological polar surface area (TPSA) is 93.4 Å². The normalized spacial score (nSPS) is 12.0. The van der Waals surface area contributed by atoms with Crippen LogP contribution in [0.1, 0.15) is 16.7 Å². The van der Waals surface area contributed by atoms with Gasteiger partial charge in [-0.2, -0.15) is 4.31 Å². The molecule has 30 heavy (non-hydrogen) atoms. The predicted octanol–water partition coefficient (Wildman–Crippen LogP) is 2.06. The molecule has 0 fully saturated rings. The first-order valence-corrected chi connectivity index (χ1v) is 10.9. The summed E-state index contributed by atoms with van der Waals surface area (Å²) in [5.74, 6) is -0.427. The smallest absolute Gasteiger partial charge is 0.324 e. The van der Waals surface area contributed by atoms with Crippen LogP contribution in [-0.4, -0.2) is 41.4 Å². The molecule has 160 valence electrons. The van der Waals surface area contributed by atoms with Crippen molar-refractivity contribution < 1.29 is 13.2 Å². The average Bonchev–Trinajstić information content (AvgIpc) is 2.88. The molecule has 9 heteroatoms. The van der Waals surface area contributed by atoms with Gasteiger partial charge in [-0.3, -0.25) is 13.9 Å². The van der Waals surface area contributed by atoms with Gasteiger partial charge in [-0.15, -0.1) is 0 Å². The number of carbonyl (C=O) groups excluding carboxylic acids is 1. The van der Waals surface area contributed by atoms with Gasteiger partial charge in [0.1, 0.15) is 0 Å². The Morgan fingerprint density at radius 2 is 1.57 bits per heavy atom. The molecular weight excluding hydrogens is 404 g/mol. The Kier molecular flexibility index (Phi) is 5.62. The third kappa shape index (κ3) is 3.78. The maximum atomic E-state index is 13.0. The number of anilines is 1. The zero-order valence-electron chi connectivity index (χ0n) is 18.0. The summed E-state index contributed by atoms with van der Waals surface area (Å²) < 4.78 is 29.8. The molecular formula is C21H26N4O4S. The second-order valence-corrected chi connectivity index (χ2v) is 9.68. The number of carbonyl (C=O) groups is 1. The van der Waals surface area contributed by atoms with E-state index in [1.165, 1.54) is 28.3 Å². The molecule has 8 nitrogen and oxygen atoms in total. The summed E-state index contributed by atoms with van der Waals surface area (Å²) in [6, 6.07) is 8.41. The highest BCUT2D eigenvalue weighted by molar-refractivity contribution is 7.89. The van der Waals surface area contributed by atoms with Crippen molar-refractivity contribution in [2.45, 2.75) is 25.7 Å². The van der Waals surface area contributed by atoms with Gasteiger partial charge in [-0.05, 0) is 50.1 Å². The molecule has 1 N–H and O–H groups in total. The number of nitrogens with zero attached hydrogens (tertiary/aromatic N) is 3. The van der Waals surface area contributed by atoms with Gasteiger partial charge < -0.3 is 5.32 Å². The van der Waals surface area contributed by atoms with E-state index in [1.54, 1.807) is 20.2 Å². The molecule has 0 spiro atoms. The zero-order chi connectivity index (χ0) is 22.4. The van der Waals surface area contributed by atoms with Crippen molar-refractivity contribution in [3.63, 3.8) is 0 Å². The van der Waals surface area contributed by atoms with Crippen molar-refractivity contribution in [2.24, 2.45) is 14.1 Å². The minimum atomic E-state index is -3.92. The van der Waals surface area contributed by atoms with E-state index >= 15 is 0 Å². The second-order valence-electron chi connectivity index (χ2n) is 7.63. The minimum Gasteiger partial charge on any atom is -0.324 e. The van der Waals surface area contributed by atoms with Crippen LogP contribution in [-0.2, 0) is 28.9 Å². The number of fused-ring (bicyclic) bond motifs is 1. The Bertz CT molecular complexity index is 1300. The summed E-state index contributed by atoms with van der Waals surface area (Å²) in [6.45, 7) is 5.44. The fourth-order valence-electron chi connectivity index (χ4n) is 3.67. The first-order valence-electron chi connectivity index (χ1n) is 9.43. The first-order chi connectivity index (χ1) is 13.9. The van der Waals surface area contributed by atoms with Crippen LogP contribution in [0.2, 0.25) is 0 Å². The standard InChI is InChI=1S/C21H26N4O4S/c1-13-9-14(2)20(15(3)10-13)22-19(26)12-23(4)30(28,29)16-7-8-17-18(11-16)25(6)21(27)24(17)5/h7-11H,12H2,1-6H3,(H,22,26). The van der Waals surface area contributed by atoms with Crippen LogP contribution in [0, 0.1) is 20.8 Å². The van der Waals surface area contributed by atoms with Crippen LogP contribution in [0.15, 0.2) is 40.0 Å². The minimum absolute atomic E-state index is 0.0224. The van der Waals surface area contributed by atoms with E-state index < -0.39 is 15.9 Å². The third-order valence-electron chi connectivity index (χ3n) is 5.26. The van der Waals surface area contributed by atoms with Crippen molar-refractivity contribution in [2.75, 3.05) is 18.9 Å². The number of sulfonamides is 1. The van der Waals surface area contributed by atoms with Crippen LogP contribution in [0.4, 0.5) is 5.69 Å². The van der Waals surface area contributed by atoms with Crippen molar-refractivity contribution in [1.82, 2.24) is 13.4 Å². The van der Waals surface area contributed by atoms with Crippen LogP contribution in [0.5, 0.6) is 0 Å². The van der Waals surface area contributed by atoms with E-state index in [2.05, 4.69) is 5.32 Å². The fraction of sp³-hybridized carbons (Fsp3) is 0.333. The lowest BCUT2D eigenvalue weighted by Crippen LogP contribution is -2.35. The molecule has 0 saturated heterocycles. The number of amides is 1. The van der Waals surface area contributed by atoms with E-state index in [-0.39, 0.29) is 17.1 Å². The maximum Gasteiger partial charge on any atom is 0.328 e. The lowest BCUT2D eigenvalue weighted by atomic mass is 10.1. The summed E-state index contributed by atoms with van der Waals surface area (Å²) in [5.41, 5.74) is 4.52. The molecule has 1 aromatic heterocycles. The lowest BCUT2D eigenvalue weighted by Gasteiger charge is -2.18. The maximum absolute atomic E-state index is 13.0. The highest BCUT2D eigenvalue weighted by Crippen LogP contribution is 2.23. The van der Waals surface area contributed by atoms with Gasteiger partial charge in [-0.1, -0.05) is 17.7 Å². The van der Waals surface area contributed by atoms with Crippen LogP contribution in [0.25, 0.3) is 11.0 Å². The number of imidazole rings is 1.